The van der Waals surface area contributed by atoms with E-state index in [4.69, 9.17) is 5.73 Å². The van der Waals surface area contributed by atoms with Crippen molar-refractivity contribution in [2.24, 2.45) is 11.7 Å². The Labute approximate surface area is 169 Å². The summed E-state index contributed by atoms with van der Waals surface area (Å²) in [5.74, 6) is -0.898. The Morgan fingerprint density at radius 3 is 2.89 bits per heavy atom. The molecule has 2 amide bonds. The Hall–Kier alpha value is -2.52. The fraction of sp³-hybridized carbons (Fsp3) is 0.368. The second-order valence-corrected chi connectivity index (χ2v) is 9.14. The van der Waals surface area contributed by atoms with Crippen molar-refractivity contribution in [1.29, 1.82) is 0 Å². The number of aryl methyl sites for hydroxylation is 1. The summed E-state index contributed by atoms with van der Waals surface area (Å²) in [5, 5.41) is 2.49. The summed E-state index contributed by atoms with van der Waals surface area (Å²) < 4.78 is 1.36. The number of piperidine rings is 1. The van der Waals surface area contributed by atoms with Gasteiger partial charge in [0.1, 0.15) is 11.4 Å². The van der Waals surface area contributed by atoms with Gasteiger partial charge in [0.25, 0.3) is 5.56 Å². The minimum atomic E-state index is -0.382. The summed E-state index contributed by atoms with van der Waals surface area (Å²) in [5.41, 5.74) is 6.04. The van der Waals surface area contributed by atoms with Gasteiger partial charge >= 0.3 is 0 Å². The van der Waals surface area contributed by atoms with Gasteiger partial charge in [0, 0.05) is 33.8 Å². The summed E-state index contributed by atoms with van der Waals surface area (Å²) >= 11 is 3.05. The van der Waals surface area contributed by atoms with E-state index in [0.29, 0.717) is 29.7 Å². The van der Waals surface area contributed by atoms with Gasteiger partial charge < -0.3 is 10.6 Å². The van der Waals surface area contributed by atoms with Crippen LogP contribution in [0.1, 0.15) is 17.7 Å². The topological polar surface area (TPSA) is 98.3 Å². The van der Waals surface area contributed by atoms with Crippen LogP contribution in [0.3, 0.4) is 0 Å². The number of likely N-dealkylation sites (tertiary alicyclic amines) is 1. The standard InChI is InChI=1S/C19H20N4O3S2/c1-11-4-5-14(28-11)13-9-27-18-16(13)19(26)23(10-21-18)8-15(24)22-6-2-3-12(7-22)17(20)25/h4-5,9-10,12H,2-3,6-8H2,1H3,(H2,20,25)/t12-/m1/s1. The van der Waals surface area contributed by atoms with E-state index in [0.717, 1.165) is 16.9 Å². The Bertz CT molecular complexity index is 1110. The molecule has 7 nitrogen and oxygen atoms in total. The van der Waals surface area contributed by atoms with Crippen molar-refractivity contribution in [3.05, 3.63) is 39.1 Å². The van der Waals surface area contributed by atoms with Gasteiger partial charge in [-0.3, -0.25) is 19.0 Å². The lowest BCUT2D eigenvalue weighted by Gasteiger charge is -2.31. The fourth-order valence-corrected chi connectivity index (χ4v) is 5.38. The molecule has 4 rings (SSSR count). The van der Waals surface area contributed by atoms with Crippen LogP contribution >= 0.6 is 22.7 Å². The van der Waals surface area contributed by atoms with Gasteiger partial charge in [-0.15, -0.1) is 22.7 Å². The average Bonchev–Trinajstić information content (AvgIpc) is 3.30. The zero-order valence-corrected chi connectivity index (χ0v) is 17.0. The molecule has 2 N–H and O–H groups in total. The van der Waals surface area contributed by atoms with Gasteiger partial charge in [0.2, 0.25) is 11.8 Å². The van der Waals surface area contributed by atoms with E-state index in [2.05, 4.69) is 4.98 Å². The molecule has 4 heterocycles. The molecule has 1 saturated heterocycles. The first-order valence-electron chi connectivity index (χ1n) is 9.04. The minimum absolute atomic E-state index is 0.0913. The number of hydrogen-bond donors (Lipinski definition) is 1. The van der Waals surface area contributed by atoms with E-state index in [1.54, 1.807) is 16.2 Å². The van der Waals surface area contributed by atoms with E-state index in [1.165, 1.54) is 27.1 Å². The molecule has 0 aromatic carbocycles. The highest BCUT2D eigenvalue weighted by atomic mass is 32.1. The molecular formula is C19H20N4O3S2. The average molecular weight is 417 g/mol. The van der Waals surface area contributed by atoms with Gasteiger partial charge in [0.15, 0.2) is 0 Å². The molecular weight excluding hydrogens is 396 g/mol. The monoisotopic (exact) mass is 416 g/mol. The number of hydrogen-bond acceptors (Lipinski definition) is 6. The largest absolute Gasteiger partial charge is 0.369 e. The van der Waals surface area contributed by atoms with Crippen molar-refractivity contribution in [3.8, 4) is 10.4 Å². The quantitative estimate of drug-likeness (QED) is 0.705. The highest BCUT2D eigenvalue weighted by Gasteiger charge is 2.27. The Morgan fingerprint density at radius 1 is 1.36 bits per heavy atom. The summed E-state index contributed by atoms with van der Waals surface area (Å²) in [6.07, 6.45) is 2.86. The van der Waals surface area contributed by atoms with Gasteiger partial charge in [-0.25, -0.2) is 4.98 Å². The molecule has 0 unspecified atom stereocenters. The maximum atomic E-state index is 13.1. The highest BCUT2D eigenvalue weighted by molar-refractivity contribution is 7.19. The van der Waals surface area contributed by atoms with Crippen molar-refractivity contribution in [2.75, 3.05) is 13.1 Å². The lowest BCUT2D eigenvalue weighted by atomic mass is 9.97. The lowest BCUT2D eigenvalue weighted by molar-refractivity contribution is -0.135. The molecule has 1 fully saturated rings. The molecule has 0 bridgehead atoms. The molecule has 0 spiro atoms. The molecule has 1 aliphatic heterocycles. The number of nitrogens with two attached hydrogens (primary N) is 1. The number of thiophene rings is 2. The number of primary amides is 1. The van der Waals surface area contributed by atoms with Crippen LogP contribution in [0.25, 0.3) is 20.7 Å². The Morgan fingerprint density at radius 2 is 2.18 bits per heavy atom. The zero-order chi connectivity index (χ0) is 19.8. The maximum absolute atomic E-state index is 13.1. The van der Waals surface area contributed by atoms with Crippen LogP contribution in [-0.4, -0.2) is 39.4 Å². The summed E-state index contributed by atoms with van der Waals surface area (Å²) in [7, 11) is 0. The predicted molar refractivity (Wildman–Crippen MR) is 110 cm³/mol. The number of nitrogens with zero attached hydrogens (tertiary/aromatic N) is 3. The third kappa shape index (κ3) is 3.47. The van der Waals surface area contributed by atoms with Gasteiger partial charge in [-0.2, -0.15) is 0 Å². The number of carbonyl (C=O) groups excluding carboxylic acids is 2. The maximum Gasteiger partial charge on any atom is 0.263 e. The number of fused-ring (bicyclic) bond motifs is 1. The molecule has 0 aliphatic carbocycles. The lowest BCUT2D eigenvalue weighted by Crippen LogP contribution is -2.45. The van der Waals surface area contributed by atoms with Gasteiger partial charge in [0.05, 0.1) is 17.6 Å². The Balaban J connectivity index is 1.62. The third-order valence-electron chi connectivity index (χ3n) is 5.05. The number of rotatable bonds is 4. The van der Waals surface area contributed by atoms with E-state index in [9.17, 15) is 14.4 Å². The van der Waals surface area contributed by atoms with Crippen LogP contribution in [0.5, 0.6) is 0 Å². The van der Waals surface area contributed by atoms with E-state index in [1.807, 2.05) is 24.4 Å². The molecule has 146 valence electrons. The van der Waals surface area contributed by atoms with Crippen LogP contribution in [0, 0.1) is 12.8 Å². The molecule has 1 atom stereocenters. The zero-order valence-electron chi connectivity index (χ0n) is 15.4. The number of aromatic nitrogens is 2. The highest BCUT2D eigenvalue weighted by Crippen LogP contribution is 2.34. The molecule has 3 aromatic heterocycles. The van der Waals surface area contributed by atoms with Gasteiger partial charge in [-0.05, 0) is 31.9 Å². The molecule has 1 aliphatic rings. The molecule has 9 heteroatoms. The number of carbonyl (C=O) groups is 2. The normalized spacial score (nSPS) is 17.2. The molecule has 28 heavy (non-hydrogen) atoms. The second kappa shape index (κ2) is 7.48. The Kier molecular flexibility index (Phi) is 5.03. The van der Waals surface area contributed by atoms with E-state index < -0.39 is 0 Å². The van der Waals surface area contributed by atoms with Crippen molar-refractivity contribution in [1.82, 2.24) is 14.5 Å². The fourth-order valence-electron chi connectivity index (χ4n) is 3.52. The summed E-state index contributed by atoms with van der Waals surface area (Å²) in [6.45, 7) is 2.82. The van der Waals surface area contributed by atoms with Crippen LogP contribution < -0.4 is 11.3 Å². The van der Waals surface area contributed by atoms with Crippen LogP contribution in [-0.2, 0) is 16.1 Å². The molecule has 3 aromatic rings. The minimum Gasteiger partial charge on any atom is -0.369 e. The second-order valence-electron chi connectivity index (χ2n) is 7.00. The molecule has 0 radical (unpaired) electrons. The number of amides is 2. The summed E-state index contributed by atoms with van der Waals surface area (Å²) in [4.78, 5) is 46.1. The van der Waals surface area contributed by atoms with Crippen molar-refractivity contribution in [2.45, 2.75) is 26.3 Å². The first kappa shape index (κ1) is 18.8. The van der Waals surface area contributed by atoms with Crippen molar-refractivity contribution >= 4 is 44.7 Å². The third-order valence-corrected chi connectivity index (χ3v) is 6.97. The van der Waals surface area contributed by atoms with Crippen LogP contribution in [0.15, 0.2) is 28.6 Å². The smallest absolute Gasteiger partial charge is 0.263 e. The van der Waals surface area contributed by atoms with Crippen LogP contribution in [0.4, 0.5) is 0 Å². The molecule has 0 saturated carbocycles. The first-order valence-corrected chi connectivity index (χ1v) is 10.7. The van der Waals surface area contributed by atoms with E-state index in [-0.39, 0.29) is 29.8 Å². The van der Waals surface area contributed by atoms with Gasteiger partial charge in [-0.1, -0.05) is 0 Å². The summed E-state index contributed by atoms with van der Waals surface area (Å²) in [6, 6.07) is 4.02. The van der Waals surface area contributed by atoms with E-state index >= 15 is 0 Å². The SMILES string of the molecule is Cc1ccc(-c2csc3ncn(CC(=O)N4CCC[C@@H](C(N)=O)C4)c(=O)c23)s1. The van der Waals surface area contributed by atoms with Crippen molar-refractivity contribution < 1.29 is 9.59 Å². The van der Waals surface area contributed by atoms with Crippen LogP contribution in [0.2, 0.25) is 0 Å². The predicted octanol–water partition coefficient (Wildman–Crippen LogP) is 2.22. The van der Waals surface area contributed by atoms with Crippen molar-refractivity contribution in [3.63, 3.8) is 0 Å². The first-order chi connectivity index (χ1) is 13.4.